The molecule has 0 aliphatic rings. The number of ether oxygens (including phenoxy) is 2. The molecule has 1 N–H and O–H groups in total. The molecule has 1 heterocycles. The number of rotatable bonds is 7. The first-order valence-electron chi connectivity index (χ1n) is 8.66. The van der Waals surface area contributed by atoms with Gasteiger partial charge in [0.25, 0.3) is 0 Å². The van der Waals surface area contributed by atoms with E-state index in [1.54, 1.807) is 50.8 Å². The van der Waals surface area contributed by atoms with Gasteiger partial charge in [-0.05, 0) is 53.7 Å². The maximum Gasteiger partial charge on any atom is 0.248 e. The molecule has 0 aliphatic heterocycles. The second kappa shape index (κ2) is 9.29. The van der Waals surface area contributed by atoms with E-state index >= 15 is 0 Å². The molecule has 0 aliphatic carbocycles. The van der Waals surface area contributed by atoms with Crippen molar-refractivity contribution in [2.75, 3.05) is 19.5 Å². The molecule has 8 heteroatoms. The monoisotopic (exact) mass is 413 g/mol. The Morgan fingerprint density at radius 1 is 1.17 bits per heavy atom. The highest BCUT2D eigenvalue weighted by Crippen LogP contribution is 2.33. The Hall–Kier alpha value is -3.26. The molecule has 6 nitrogen and oxygen atoms in total. The van der Waals surface area contributed by atoms with Crippen molar-refractivity contribution < 1.29 is 18.7 Å². The van der Waals surface area contributed by atoms with E-state index in [9.17, 15) is 9.18 Å². The van der Waals surface area contributed by atoms with E-state index in [1.165, 1.54) is 30.0 Å². The van der Waals surface area contributed by atoms with Crippen LogP contribution >= 0.6 is 11.8 Å². The maximum atomic E-state index is 13.7. The third-order valence-electron chi connectivity index (χ3n) is 4.01. The lowest BCUT2D eigenvalue weighted by atomic mass is 10.2. The fourth-order valence-corrected chi connectivity index (χ4v) is 3.41. The highest BCUT2D eigenvalue weighted by atomic mass is 32.2. The SMILES string of the molecule is COc1ccc(/C=C/C(=O)Nc2cc(F)ccc2Sc2nccn2C)cc1OC. The first-order chi connectivity index (χ1) is 14.0. The molecule has 0 unspecified atom stereocenters. The Morgan fingerprint density at radius 2 is 1.97 bits per heavy atom. The van der Waals surface area contributed by atoms with Crippen LogP contribution in [0, 0.1) is 5.82 Å². The highest BCUT2D eigenvalue weighted by Gasteiger charge is 2.11. The average Bonchev–Trinajstić information content (AvgIpc) is 3.12. The number of aryl methyl sites for hydroxylation is 1. The Kier molecular flexibility index (Phi) is 6.56. The van der Waals surface area contributed by atoms with Crippen LogP contribution in [0.4, 0.5) is 10.1 Å². The zero-order chi connectivity index (χ0) is 20.8. The first kappa shape index (κ1) is 20.5. The van der Waals surface area contributed by atoms with E-state index in [-0.39, 0.29) is 5.91 Å². The number of imidazole rings is 1. The van der Waals surface area contributed by atoms with Crippen molar-refractivity contribution in [1.29, 1.82) is 0 Å². The van der Waals surface area contributed by atoms with Crippen molar-refractivity contribution in [3.63, 3.8) is 0 Å². The highest BCUT2D eigenvalue weighted by molar-refractivity contribution is 7.99. The summed E-state index contributed by atoms with van der Waals surface area (Å²) >= 11 is 1.34. The number of anilines is 1. The lowest BCUT2D eigenvalue weighted by Gasteiger charge is -2.10. The van der Waals surface area contributed by atoms with Gasteiger partial charge in [0.15, 0.2) is 16.7 Å². The predicted molar refractivity (Wildman–Crippen MR) is 111 cm³/mol. The van der Waals surface area contributed by atoms with Gasteiger partial charge >= 0.3 is 0 Å². The molecular weight excluding hydrogens is 393 g/mol. The number of halogens is 1. The quantitative estimate of drug-likeness (QED) is 0.583. The number of hydrogen-bond donors (Lipinski definition) is 1. The van der Waals surface area contributed by atoms with Crippen LogP contribution in [0.15, 0.2) is 64.9 Å². The van der Waals surface area contributed by atoms with Crippen LogP contribution in [-0.4, -0.2) is 29.7 Å². The molecule has 0 saturated heterocycles. The molecule has 0 spiro atoms. The molecule has 1 aromatic heterocycles. The van der Waals surface area contributed by atoms with Gasteiger partial charge in [0.1, 0.15) is 5.82 Å². The molecule has 2 aromatic carbocycles. The maximum absolute atomic E-state index is 13.7. The van der Waals surface area contributed by atoms with Crippen LogP contribution in [0.5, 0.6) is 11.5 Å². The zero-order valence-corrected chi connectivity index (χ0v) is 17.0. The Bertz CT molecular complexity index is 1050. The van der Waals surface area contributed by atoms with Gasteiger partial charge in [-0.3, -0.25) is 4.79 Å². The third-order valence-corrected chi connectivity index (χ3v) is 5.16. The molecule has 3 rings (SSSR count). The van der Waals surface area contributed by atoms with Crippen LogP contribution in [0.1, 0.15) is 5.56 Å². The summed E-state index contributed by atoms with van der Waals surface area (Å²) in [6.45, 7) is 0. The van der Waals surface area contributed by atoms with Gasteiger partial charge in [0, 0.05) is 30.4 Å². The lowest BCUT2D eigenvalue weighted by Crippen LogP contribution is -2.09. The summed E-state index contributed by atoms with van der Waals surface area (Å²) in [4.78, 5) is 17.3. The Labute approximate surface area is 172 Å². The van der Waals surface area contributed by atoms with E-state index in [0.29, 0.717) is 22.1 Å². The zero-order valence-electron chi connectivity index (χ0n) is 16.2. The minimum Gasteiger partial charge on any atom is -0.493 e. The van der Waals surface area contributed by atoms with Gasteiger partial charge in [-0.1, -0.05) is 6.07 Å². The molecule has 3 aromatic rings. The molecule has 0 bridgehead atoms. The van der Waals surface area contributed by atoms with Crippen LogP contribution in [-0.2, 0) is 11.8 Å². The van der Waals surface area contributed by atoms with Crippen molar-refractivity contribution in [1.82, 2.24) is 9.55 Å². The largest absolute Gasteiger partial charge is 0.493 e. The van der Waals surface area contributed by atoms with Gasteiger partial charge in [-0.25, -0.2) is 9.37 Å². The van der Waals surface area contributed by atoms with E-state index in [1.807, 2.05) is 17.8 Å². The number of amides is 1. The average molecular weight is 413 g/mol. The van der Waals surface area contributed by atoms with Crippen molar-refractivity contribution in [2.45, 2.75) is 10.1 Å². The van der Waals surface area contributed by atoms with Crippen LogP contribution in [0.25, 0.3) is 6.08 Å². The van der Waals surface area contributed by atoms with Gasteiger partial charge in [0.2, 0.25) is 5.91 Å². The van der Waals surface area contributed by atoms with Crippen molar-refractivity contribution in [3.05, 3.63) is 66.2 Å². The molecule has 0 saturated carbocycles. The summed E-state index contributed by atoms with van der Waals surface area (Å²) in [5.41, 5.74) is 1.14. The number of methoxy groups -OCH3 is 2. The predicted octanol–water partition coefficient (Wildman–Crippen LogP) is 4.38. The van der Waals surface area contributed by atoms with E-state index < -0.39 is 5.82 Å². The van der Waals surface area contributed by atoms with E-state index in [4.69, 9.17) is 9.47 Å². The molecular formula is C21H20FN3O3S. The fraction of sp³-hybridized carbons (Fsp3) is 0.143. The fourth-order valence-electron chi connectivity index (χ4n) is 2.54. The number of carbonyl (C=O) groups is 1. The summed E-state index contributed by atoms with van der Waals surface area (Å²) in [5, 5.41) is 3.45. The number of aromatic nitrogens is 2. The van der Waals surface area contributed by atoms with E-state index in [0.717, 1.165) is 10.7 Å². The van der Waals surface area contributed by atoms with E-state index in [2.05, 4.69) is 10.3 Å². The molecule has 150 valence electrons. The van der Waals surface area contributed by atoms with Gasteiger partial charge in [0.05, 0.1) is 19.9 Å². The number of hydrogen-bond acceptors (Lipinski definition) is 5. The third kappa shape index (κ3) is 5.17. The van der Waals surface area contributed by atoms with Crippen LogP contribution < -0.4 is 14.8 Å². The molecule has 1 amide bonds. The van der Waals surface area contributed by atoms with Gasteiger partial charge < -0.3 is 19.4 Å². The normalized spacial score (nSPS) is 10.9. The molecule has 29 heavy (non-hydrogen) atoms. The minimum atomic E-state index is -0.437. The lowest BCUT2D eigenvalue weighted by molar-refractivity contribution is -0.111. The standard InChI is InChI=1S/C21H20FN3O3S/c1-25-11-10-23-21(25)29-19-8-6-15(22)13-16(19)24-20(26)9-5-14-4-7-17(27-2)18(12-14)28-3/h4-13H,1-3H3,(H,24,26)/b9-5+. The summed E-state index contributed by atoms with van der Waals surface area (Å²) in [6.07, 6.45) is 6.51. The molecule has 0 radical (unpaired) electrons. The van der Waals surface area contributed by atoms with Crippen LogP contribution in [0.3, 0.4) is 0 Å². The number of nitrogens with one attached hydrogen (secondary N) is 1. The summed E-state index contributed by atoms with van der Waals surface area (Å²) < 4.78 is 26.0. The first-order valence-corrected chi connectivity index (χ1v) is 9.47. The minimum absolute atomic E-state index is 0.375. The number of benzene rings is 2. The Morgan fingerprint density at radius 3 is 2.66 bits per heavy atom. The topological polar surface area (TPSA) is 65.4 Å². The number of carbonyl (C=O) groups excluding carboxylic acids is 1. The second-order valence-corrected chi connectivity index (χ2v) is 7.01. The summed E-state index contributed by atoms with van der Waals surface area (Å²) in [6, 6.07) is 9.56. The number of nitrogens with zero attached hydrogens (tertiary/aromatic N) is 2. The van der Waals surface area contributed by atoms with Crippen molar-refractivity contribution in [3.8, 4) is 11.5 Å². The van der Waals surface area contributed by atoms with Crippen molar-refractivity contribution in [2.24, 2.45) is 7.05 Å². The van der Waals surface area contributed by atoms with Gasteiger partial charge in [-0.15, -0.1) is 0 Å². The van der Waals surface area contributed by atoms with Crippen molar-refractivity contribution >= 4 is 29.4 Å². The van der Waals surface area contributed by atoms with Crippen LogP contribution in [0.2, 0.25) is 0 Å². The smallest absolute Gasteiger partial charge is 0.248 e. The summed E-state index contributed by atoms with van der Waals surface area (Å²) in [7, 11) is 4.96. The second-order valence-electron chi connectivity index (χ2n) is 6.00. The Balaban J connectivity index is 1.76. The van der Waals surface area contributed by atoms with Gasteiger partial charge in [-0.2, -0.15) is 0 Å². The summed E-state index contributed by atoms with van der Waals surface area (Å²) in [5.74, 6) is 0.346. The molecule has 0 atom stereocenters. The molecule has 0 fully saturated rings.